The molecule has 0 unspecified atom stereocenters. The lowest BCUT2D eigenvalue weighted by Gasteiger charge is -2.07. The second kappa shape index (κ2) is 9.48. The number of phenols is 3. The fourth-order valence-electron chi connectivity index (χ4n) is 2.95. The molecule has 9 heteroatoms. The summed E-state index contributed by atoms with van der Waals surface area (Å²) in [5.41, 5.74) is 2.66. The van der Waals surface area contributed by atoms with Crippen LogP contribution < -0.4 is 4.80 Å². The van der Waals surface area contributed by atoms with Crippen LogP contribution in [0.3, 0.4) is 0 Å². The van der Waals surface area contributed by atoms with Crippen molar-refractivity contribution in [1.29, 1.82) is 0 Å². The summed E-state index contributed by atoms with van der Waals surface area (Å²) < 4.78 is 1.60. The van der Waals surface area contributed by atoms with Crippen molar-refractivity contribution in [2.24, 2.45) is 10.1 Å². The topological polar surface area (TPSA) is 90.3 Å². The fourth-order valence-corrected chi connectivity index (χ4v) is 4.29. The van der Waals surface area contributed by atoms with Gasteiger partial charge < -0.3 is 15.3 Å². The number of aromatic hydroxyl groups is 3. The van der Waals surface area contributed by atoms with Crippen LogP contribution in [-0.4, -0.2) is 26.2 Å². The molecule has 0 amide bonds. The number of hydrogen-bond donors (Lipinski definition) is 3. The third kappa shape index (κ3) is 4.65. The Morgan fingerprint density at radius 2 is 1.72 bits per heavy atom. The molecule has 3 N–H and O–H groups in total. The molecular formula is C23H17Cl2N3O3S. The molecule has 0 radical (unpaired) electrons. The van der Waals surface area contributed by atoms with Crippen LogP contribution in [-0.2, 0) is 6.54 Å². The second-order valence-corrected chi connectivity index (χ2v) is 8.44. The predicted octanol–water partition coefficient (Wildman–Crippen LogP) is 5.62. The lowest BCUT2D eigenvalue weighted by molar-refractivity contribution is 0.367. The predicted molar refractivity (Wildman–Crippen MR) is 128 cm³/mol. The molecule has 0 saturated heterocycles. The summed E-state index contributed by atoms with van der Waals surface area (Å²) in [5, 5.41) is 36.8. The van der Waals surface area contributed by atoms with Gasteiger partial charge in [0, 0.05) is 21.5 Å². The van der Waals surface area contributed by atoms with Gasteiger partial charge >= 0.3 is 0 Å². The maximum absolute atomic E-state index is 10.1. The maximum Gasteiger partial charge on any atom is 0.206 e. The molecule has 1 heterocycles. The number of aromatic nitrogens is 1. The minimum absolute atomic E-state index is 0.223. The second-order valence-electron chi connectivity index (χ2n) is 6.76. The van der Waals surface area contributed by atoms with Crippen LogP contribution >= 0.6 is 34.5 Å². The Morgan fingerprint density at radius 3 is 2.47 bits per heavy atom. The molecule has 0 aliphatic carbocycles. The molecule has 0 atom stereocenters. The molecule has 0 fully saturated rings. The van der Waals surface area contributed by atoms with Crippen LogP contribution in [0.2, 0.25) is 10.0 Å². The van der Waals surface area contributed by atoms with Crippen LogP contribution in [0.5, 0.6) is 17.2 Å². The van der Waals surface area contributed by atoms with Crippen LogP contribution in [0.1, 0.15) is 11.1 Å². The zero-order chi connectivity index (χ0) is 22.7. The summed E-state index contributed by atoms with van der Waals surface area (Å²) in [6.45, 7) is 0.454. The summed E-state index contributed by atoms with van der Waals surface area (Å²) >= 11 is 13.9. The monoisotopic (exact) mass is 485 g/mol. The molecule has 0 aliphatic rings. The SMILES string of the molecule is Oc1ccc(C=Nn2c(-c3ccc(Cl)cc3Cl)csc2=NCc2ccccc2)c(O)c1O. The zero-order valence-electron chi connectivity index (χ0n) is 16.5. The summed E-state index contributed by atoms with van der Waals surface area (Å²) in [6.07, 6.45) is 1.37. The molecule has 4 aromatic rings. The zero-order valence-corrected chi connectivity index (χ0v) is 18.8. The molecule has 0 spiro atoms. The van der Waals surface area contributed by atoms with E-state index in [1.165, 1.54) is 29.7 Å². The largest absolute Gasteiger partial charge is 0.504 e. The first kappa shape index (κ1) is 22.0. The van der Waals surface area contributed by atoms with E-state index in [4.69, 9.17) is 23.2 Å². The Morgan fingerprint density at radius 1 is 0.938 bits per heavy atom. The van der Waals surface area contributed by atoms with Crippen LogP contribution in [0, 0.1) is 0 Å². The average molecular weight is 486 g/mol. The highest BCUT2D eigenvalue weighted by atomic mass is 35.5. The molecule has 0 bridgehead atoms. The number of rotatable bonds is 5. The third-order valence-corrected chi connectivity index (χ3v) is 6.01. The first-order chi connectivity index (χ1) is 15.4. The van der Waals surface area contributed by atoms with Crippen molar-refractivity contribution < 1.29 is 15.3 Å². The van der Waals surface area contributed by atoms with Gasteiger partial charge in [0.15, 0.2) is 11.5 Å². The Bertz CT molecular complexity index is 1360. The van der Waals surface area contributed by atoms with Gasteiger partial charge in [0.1, 0.15) is 0 Å². The Hall–Kier alpha value is -3.26. The summed E-state index contributed by atoms with van der Waals surface area (Å²) in [4.78, 5) is 5.29. The molecule has 0 aliphatic heterocycles. The Kier molecular flexibility index (Phi) is 6.50. The molecule has 1 aromatic heterocycles. The number of phenolic OH excluding ortho intramolecular Hbond substituents is 3. The van der Waals surface area contributed by atoms with Crippen molar-refractivity contribution in [1.82, 2.24) is 4.68 Å². The number of thiazole rings is 1. The number of hydrogen-bond acceptors (Lipinski definition) is 6. The maximum atomic E-state index is 10.1. The number of nitrogens with zero attached hydrogens (tertiary/aromatic N) is 3. The Labute approximate surface area is 197 Å². The van der Waals surface area contributed by atoms with Crippen LogP contribution in [0.25, 0.3) is 11.3 Å². The van der Waals surface area contributed by atoms with E-state index in [0.717, 1.165) is 5.56 Å². The quantitative estimate of drug-likeness (QED) is 0.253. The average Bonchev–Trinajstić information content (AvgIpc) is 3.19. The van der Waals surface area contributed by atoms with Gasteiger partial charge in [0.25, 0.3) is 0 Å². The highest BCUT2D eigenvalue weighted by molar-refractivity contribution is 7.07. The van der Waals surface area contributed by atoms with E-state index in [-0.39, 0.29) is 5.56 Å². The smallest absolute Gasteiger partial charge is 0.206 e. The van der Waals surface area contributed by atoms with Gasteiger partial charge in [0.2, 0.25) is 10.6 Å². The molecule has 4 rings (SSSR count). The molecule has 6 nitrogen and oxygen atoms in total. The summed E-state index contributed by atoms with van der Waals surface area (Å²) in [6, 6.07) is 17.7. The van der Waals surface area contributed by atoms with E-state index in [1.807, 2.05) is 35.7 Å². The van der Waals surface area contributed by atoms with E-state index in [1.54, 1.807) is 22.9 Å². The van der Waals surface area contributed by atoms with Crippen molar-refractivity contribution in [2.75, 3.05) is 0 Å². The standard InChI is InChI=1S/C23H17Cl2N3O3S/c24-16-7-8-17(18(25)10-16)19-13-32-23(26-11-14-4-2-1-3-5-14)28(19)27-12-15-6-9-20(29)22(31)21(15)30/h1-10,12-13,29-31H,11H2. The van der Waals surface area contributed by atoms with Crippen LogP contribution in [0.15, 0.2) is 76.1 Å². The van der Waals surface area contributed by atoms with E-state index >= 15 is 0 Å². The summed E-state index contributed by atoms with van der Waals surface area (Å²) in [7, 11) is 0. The summed E-state index contributed by atoms with van der Waals surface area (Å²) in [5.74, 6) is -1.51. The first-order valence-corrected chi connectivity index (χ1v) is 11.1. The highest BCUT2D eigenvalue weighted by Crippen LogP contribution is 2.36. The van der Waals surface area contributed by atoms with Gasteiger partial charge in [-0.05, 0) is 35.9 Å². The van der Waals surface area contributed by atoms with Gasteiger partial charge in [0.05, 0.1) is 23.5 Å². The van der Waals surface area contributed by atoms with Crippen molar-refractivity contribution in [2.45, 2.75) is 6.54 Å². The van der Waals surface area contributed by atoms with Crippen molar-refractivity contribution in [3.8, 4) is 28.5 Å². The van der Waals surface area contributed by atoms with Crippen molar-refractivity contribution in [3.05, 3.63) is 92.0 Å². The highest BCUT2D eigenvalue weighted by Gasteiger charge is 2.13. The minimum atomic E-state index is -0.612. The number of benzene rings is 3. The molecule has 32 heavy (non-hydrogen) atoms. The van der Waals surface area contributed by atoms with Gasteiger partial charge in [-0.25, -0.2) is 4.68 Å². The van der Waals surface area contributed by atoms with Crippen LogP contribution in [0.4, 0.5) is 0 Å². The molecule has 3 aromatic carbocycles. The fraction of sp³-hybridized carbons (Fsp3) is 0.0435. The van der Waals surface area contributed by atoms with Crippen molar-refractivity contribution >= 4 is 40.8 Å². The van der Waals surface area contributed by atoms with Gasteiger partial charge in [-0.1, -0.05) is 53.5 Å². The van der Waals surface area contributed by atoms with E-state index in [2.05, 4.69) is 10.1 Å². The van der Waals surface area contributed by atoms with E-state index in [9.17, 15) is 15.3 Å². The van der Waals surface area contributed by atoms with E-state index in [0.29, 0.717) is 32.6 Å². The van der Waals surface area contributed by atoms with Gasteiger partial charge in [-0.3, -0.25) is 4.99 Å². The number of halogens is 2. The molecule has 0 saturated carbocycles. The van der Waals surface area contributed by atoms with Gasteiger partial charge in [-0.2, -0.15) is 5.10 Å². The van der Waals surface area contributed by atoms with Crippen molar-refractivity contribution in [3.63, 3.8) is 0 Å². The lowest BCUT2D eigenvalue weighted by Crippen LogP contribution is -2.12. The first-order valence-electron chi connectivity index (χ1n) is 9.42. The molecular weight excluding hydrogens is 469 g/mol. The lowest BCUT2D eigenvalue weighted by atomic mass is 10.2. The Balaban J connectivity index is 1.82. The van der Waals surface area contributed by atoms with Gasteiger partial charge in [-0.15, -0.1) is 11.3 Å². The normalized spacial score (nSPS) is 12.0. The van der Waals surface area contributed by atoms with E-state index < -0.39 is 17.2 Å². The molecule has 162 valence electrons. The minimum Gasteiger partial charge on any atom is -0.504 e. The third-order valence-electron chi connectivity index (χ3n) is 4.61.